The molecule has 1 aromatic carbocycles. The van der Waals surface area contributed by atoms with Crippen molar-refractivity contribution >= 4 is 10.0 Å². The number of pyridine rings is 1. The second-order valence-electron chi connectivity index (χ2n) is 6.61. The average molecular weight is 371 g/mol. The van der Waals surface area contributed by atoms with Crippen LogP contribution in [-0.2, 0) is 10.0 Å². The number of nitriles is 1. The Morgan fingerprint density at radius 2 is 1.92 bits per heavy atom. The van der Waals surface area contributed by atoms with Gasteiger partial charge in [-0.1, -0.05) is 17.7 Å². The molecule has 0 aliphatic carbocycles. The average Bonchev–Trinajstić information content (AvgIpc) is 3.03. The summed E-state index contributed by atoms with van der Waals surface area (Å²) in [7, 11) is -3.57. The molecule has 7 heteroatoms. The molecule has 0 N–H and O–H groups in total. The summed E-state index contributed by atoms with van der Waals surface area (Å²) < 4.78 is 33.5. The summed E-state index contributed by atoms with van der Waals surface area (Å²) in [5.41, 5.74) is 3.03. The smallest absolute Gasteiger partial charge is 0.243 e. The van der Waals surface area contributed by atoms with Crippen molar-refractivity contribution < 1.29 is 13.2 Å². The van der Waals surface area contributed by atoms with Crippen LogP contribution in [0.4, 0.5) is 0 Å². The normalized spacial score (nSPS) is 17.8. The number of aromatic nitrogens is 1. The molecule has 0 bridgehead atoms. The highest BCUT2D eigenvalue weighted by Crippen LogP contribution is 2.28. The van der Waals surface area contributed by atoms with E-state index in [2.05, 4.69) is 4.98 Å². The molecule has 1 aliphatic rings. The molecule has 1 saturated heterocycles. The molecular formula is C19H21N3O3S. The van der Waals surface area contributed by atoms with Gasteiger partial charge in [0.1, 0.15) is 6.10 Å². The van der Waals surface area contributed by atoms with Gasteiger partial charge < -0.3 is 4.74 Å². The summed E-state index contributed by atoms with van der Waals surface area (Å²) in [6, 6.07) is 8.98. The van der Waals surface area contributed by atoms with Gasteiger partial charge in [-0.05, 0) is 44.4 Å². The maximum atomic E-state index is 13.1. The Kier molecular flexibility index (Phi) is 4.99. The fourth-order valence-corrected chi connectivity index (χ4v) is 5.33. The molecule has 0 spiro atoms. The van der Waals surface area contributed by atoms with Crippen molar-refractivity contribution in [3.05, 3.63) is 52.7 Å². The predicted molar refractivity (Wildman–Crippen MR) is 97.4 cm³/mol. The lowest BCUT2D eigenvalue weighted by Crippen LogP contribution is -2.32. The maximum Gasteiger partial charge on any atom is 0.243 e. The third kappa shape index (κ3) is 3.57. The van der Waals surface area contributed by atoms with Crippen molar-refractivity contribution in [3.63, 3.8) is 0 Å². The molecule has 1 atom stereocenters. The van der Waals surface area contributed by atoms with Crippen molar-refractivity contribution in [2.45, 2.75) is 38.2 Å². The van der Waals surface area contributed by atoms with Crippen LogP contribution in [0.3, 0.4) is 0 Å². The highest BCUT2D eigenvalue weighted by atomic mass is 32.2. The van der Waals surface area contributed by atoms with Crippen LogP contribution < -0.4 is 4.74 Å². The number of hydrogen-bond donors (Lipinski definition) is 0. The Labute approximate surface area is 154 Å². The zero-order valence-electron chi connectivity index (χ0n) is 15.1. The predicted octanol–water partition coefficient (Wildman–Crippen LogP) is 2.72. The largest absolute Gasteiger partial charge is 0.473 e. The van der Waals surface area contributed by atoms with Crippen molar-refractivity contribution in [3.8, 4) is 11.9 Å². The third-order valence-corrected chi connectivity index (χ3v) is 6.63. The number of hydrogen-bond acceptors (Lipinski definition) is 5. The van der Waals surface area contributed by atoms with Crippen molar-refractivity contribution in [1.29, 1.82) is 5.26 Å². The number of sulfonamides is 1. The van der Waals surface area contributed by atoms with E-state index in [4.69, 9.17) is 10.00 Å². The first-order valence-corrected chi connectivity index (χ1v) is 9.86. The molecule has 0 saturated carbocycles. The van der Waals surface area contributed by atoms with Gasteiger partial charge in [-0.2, -0.15) is 9.57 Å². The molecule has 1 aliphatic heterocycles. The molecule has 6 nitrogen and oxygen atoms in total. The van der Waals surface area contributed by atoms with Crippen LogP contribution >= 0.6 is 0 Å². The Bertz CT molecular complexity index is 957. The van der Waals surface area contributed by atoms with Crippen LogP contribution in [0.5, 0.6) is 5.88 Å². The quantitative estimate of drug-likeness (QED) is 0.825. The van der Waals surface area contributed by atoms with E-state index in [1.165, 1.54) is 10.5 Å². The van der Waals surface area contributed by atoms with Gasteiger partial charge in [0.25, 0.3) is 0 Å². The van der Waals surface area contributed by atoms with Gasteiger partial charge in [-0.15, -0.1) is 0 Å². The molecule has 3 rings (SSSR count). The van der Waals surface area contributed by atoms with E-state index in [1.807, 2.05) is 39.0 Å². The summed E-state index contributed by atoms with van der Waals surface area (Å²) in [6.07, 6.45) is 1.81. The van der Waals surface area contributed by atoms with E-state index in [-0.39, 0.29) is 12.6 Å². The van der Waals surface area contributed by atoms with Crippen molar-refractivity contribution in [1.82, 2.24) is 9.29 Å². The SMILES string of the molecule is Cc1cc(C)c(S(=O)(=O)N2CCC(Oc3cc(C#N)ccn3)C2)c(C)c1. The molecule has 136 valence electrons. The van der Waals surface area contributed by atoms with Gasteiger partial charge in [0.05, 0.1) is 23.1 Å². The van der Waals surface area contributed by atoms with E-state index in [9.17, 15) is 8.42 Å². The lowest BCUT2D eigenvalue weighted by Gasteiger charge is -2.20. The lowest BCUT2D eigenvalue weighted by molar-refractivity contribution is 0.207. The minimum Gasteiger partial charge on any atom is -0.473 e. The van der Waals surface area contributed by atoms with E-state index in [0.29, 0.717) is 29.3 Å². The Balaban J connectivity index is 1.79. The topological polar surface area (TPSA) is 83.3 Å². The second kappa shape index (κ2) is 7.06. The minimum absolute atomic E-state index is 0.271. The molecule has 2 aromatic rings. The van der Waals surface area contributed by atoms with Crippen LogP contribution in [0.15, 0.2) is 35.4 Å². The lowest BCUT2D eigenvalue weighted by atomic mass is 10.1. The standard InChI is InChI=1S/C19H21N3O3S/c1-13-8-14(2)19(15(3)9-13)26(23,24)22-7-5-17(12-22)25-18-10-16(11-20)4-6-21-18/h4,6,8-10,17H,5,7,12H2,1-3H3. The Hall–Kier alpha value is -2.43. The zero-order chi connectivity index (χ0) is 18.9. The first-order valence-electron chi connectivity index (χ1n) is 8.42. The molecule has 2 heterocycles. The summed E-state index contributed by atoms with van der Waals surface area (Å²) in [6.45, 7) is 6.28. The van der Waals surface area contributed by atoms with E-state index in [1.54, 1.807) is 12.1 Å². The highest BCUT2D eigenvalue weighted by molar-refractivity contribution is 7.89. The maximum absolute atomic E-state index is 13.1. The van der Waals surface area contributed by atoms with Crippen LogP contribution in [-0.4, -0.2) is 36.9 Å². The number of aryl methyl sites for hydroxylation is 3. The van der Waals surface area contributed by atoms with Gasteiger partial charge in [-0.25, -0.2) is 13.4 Å². The number of ether oxygens (including phenoxy) is 1. The van der Waals surface area contributed by atoms with Crippen LogP contribution in [0.1, 0.15) is 28.7 Å². The summed E-state index contributed by atoms with van der Waals surface area (Å²) in [5.74, 6) is 0.344. The molecule has 1 fully saturated rings. The Morgan fingerprint density at radius 3 is 2.58 bits per heavy atom. The van der Waals surface area contributed by atoms with Gasteiger partial charge in [-0.3, -0.25) is 0 Å². The first kappa shape index (κ1) is 18.4. The van der Waals surface area contributed by atoms with E-state index < -0.39 is 10.0 Å². The summed E-state index contributed by atoms with van der Waals surface area (Å²) >= 11 is 0. The second-order valence-corrected chi connectivity index (χ2v) is 8.49. The molecule has 26 heavy (non-hydrogen) atoms. The fourth-order valence-electron chi connectivity index (χ4n) is 3.43. The number of nitrogens with zero attached hydrogens (tertiary/aromatic N) is 3. The molecule has 1 unspecified atom stereocenters. The number of rotatable bonds is 4. The third-order valence-electron chi connectivity index (χ3n) is 4.46. The Morgan fingerprint density at radius 1 is 1.23 bits per heavy atom. The van der Waals surface area contributed by atoms with Gasteiger partial charge in [0.2, 0.25) is 15.9 Å². The van der Waals surface area contributed by atoms with Gasteiger partial charge in [0, 0.05) is 18.8 Å². The molecule has 0 radical (unpaired) electrons. The van der Waals surface area contributed by atoms with Crippen LogP contribution in [0.2, 0.25) is 0 Å². The van der Waals surface area contributed by atoms with Crippen LogP contribution in [0, 0.1) is 32.1 Å². The minimum atomic E-state index is -3.57. The molecule has 1 aromatic heterocycles. The first-order chi connectivity index (χ1) is 12.3. The van der Waals surface area contributed by atoms with Crippen LogP contribution in [0.25, 0.3) is 0 Å². The van der Waals surface area contributed by atoms with Crippen molar-refractivity contribution in [2.75, 3.05) is 13.1 Å². The summed E-state index contributed by atoms with van der Waals surface area (Å²) in [4.78, 5) is 4.48. The monoisotopic (exact) mass is 371 g/mol. The fraction of sp³-hybridized carbons (Fsp3) is 0.368. The zero-order valence-corrected chi connectivity index (χ0v) is 15.9. The molecular weight excluding hydrogens is 350 g/mol. The number of benzene rings is 1. The highest BCUT2D eigenvalue weighted by Gasteiger charge is 2.35. The molecule has 0 amide bonds. The summed E-state index contributed by atoms with van der Waals surface area (Å²) in [5, 5.41) is 8.95. The van der Waals surface area contributed by atoms with Crippen molar-refractivity contribution in [2.24, 2.45) is 0 Å². The van der Waals surface area contributed by atoms with Gasteiger partial charge in [0.15, 0.2) is 0 Å². The van der Waals surface area contributed by atoms with E-state index in [0.717, 1.165) is 16.7 Å². The van der Waals surface area contributed by atoms with Gasteiger partial charge >= 0.3 is 0 Å². The van der Waals surface area contributed by atoms with E-state index >= 15 is 0 Å².